The largest absolute Gasteiger partial charge is 0.360 e. The van der Waals surface area contributed by atoms with Crippen LogP contribution in [-0.4, -0.2) is 32.8 Å². The van der Waals surface area contributed by atoms with Gasteiger partial charge in [-0.15, -0.1) is 0 Å². The second kappa shape index (κ2) is 9.20. The molecule has 0 saturated heterocycles. The summed E-state index contributed by atoms with van der Waals surface area (Å²) in [5.74, 6) is 0.883. The summed E-state index contributed by atoms with van der Waals surface area (Å²) >= 11 is 0. The summed E-state index contributed by atoms with van der Waals surface area (Å²) in [7, 11) is 1.95. The molecule has 164 valence electrons. The minimum atomic E-state index is -0.507. The molecule has 2 aromatic carbocycles. The number of para-hydroxylation sites is 1. The summed E-state index contributed by atoms with van der Waals surface area (Å²) in [5, 5.41) is 11.5. The molecule has 7 nitrogen and oxygen atoms in total. The highest BCUT2D eigenvalue weighted by Gasteiger charge is 2.27. The summed E-state index contributed by atoms with van der Waals surface area (Å²) in [5.41, 5.74) is 5.01. The van der Waals surface area contributed by atoms with Gasteiger partial charge >= 0.3 is 0 Å². The summed E-state index contributed by atoms with van der Waals surface area (Å²) < 4.78 is 7.05. The maximum absolute atomic E-state index is 13.3. The Morgan fingerprint density at radius 3 is 2.34 bits per heavy atom. The highest BCUT2D eigenvalue weighted by atomic mass is 16.5. The minimum Gasteiger partial charge on any atom is -0.360 e. The smallest absolute Gasteiger partial charge is 0.247 e. The van der Waals surface area contributed by atoms with Crippen molar-refractivity contribution in [1.29, 1.82) is 0 Å². The van der Waals surface area contributed by atoms with Crippen LogP contribution in [0.25, 0.3) is 5.69 Å². The van der Waals surface area contributed by atoms with E-state index in [1.807, 2.05) is 84.2 Å². The van der Waals surface area contributed by atoms with Crippen LogP contribution in [0.4, 0.5) is 5.82 Å². The quantitative estimate of drug-likeness (QED) is 0.465. The number of likely N-dealkylation sites (N-methyl/N-ethyl adjacent to an activating group) is 1. The van der Waals surface area contributed by atoms with E-state index in [2.05, 4.69) is 17.4 Å². The summed E-state index contributed by atoms with van der Waals surface area (Å²) in [4.78, 5) is 15.3. The van der Waals surface area contributed by atoms with E-state index in [0.717, 1.165) is 28.2 Å². The molecule has 7 heteroatoms. The number of aromatic nitrogens is 3. The fourth-order valence-electron chi connectivity index (χ4n) is 3.93. The van der Waals surface area contributed by atoms with Gasteiger partial charge in [0.1, 0.15) is 11.8 Å². The Balaban J connectivity index is 1.63. The lowest BCUT2D eigenvalue weighted by molar-refractivity contribution is -0.121. The van der Waals surface area contributed by atoms with E-state index in [4.69, 9.17) is 9.62 Å². The zero-order valence-electron chi connectivity index (χ0n) is 18.7. The molecule has 4 aromatic rings. The second-order valence-corrected chi connectivity index (χ2v) is 7.94. The van der Waals surface area contributed by atoms with Gasteiger partial charge in [-0.3, -0.25) is 9.69 Å². The molecule has 1 N–H and O–H groups in total. The van der Waals surface area contributed by atoms with Crippen molar-refractivity contribution in [1.82, 2.24) is 19.8 Å². The molecule has 0 spiro atoms. The van der Waals surface area contributed by atoms with Gasteiger partial charge in [0.15, 0.2) is 5.82 Å². The van der Waals surface area contributed by atoms with Crippen molar-refractivity contribution in [3.05, 3.63) is 95.0 Å². The first-order chi connectivity index (χ1) is 15.4. The molecule has 0 aliphatic heterocycles. The van der Waals surface area contributed by atoms with E-state index >= 15 is 0 Å². The zero-order chi connectivity index (χ0) is 22.7. The lowest BCUT2D eigenvalue weighted by Gasteiger charge is -2.27. The number of rotatable bonds is 7. The third-order valence-corrected chi connectivity index (χ3v) is 5.53. The molecular weight excluding hydrogens is 402 g/mol. The van der Waals surface area contributed by atoms with Crippen LogP contribution in [0.1, 0.15) is 34.3 Å². The van der Waals surface area contributed by atoms with E-state index in [-0.39, 0.29) is 5.91 Å². The number of carbonyl (C=O) groups is 1. The fourth-order valence-corrected chi connectivity index (χ4v) is 3.93. The highest BCUT2D eigenvalue weighted by molar-refractivity contribution is 5.94. The number of anilines is 1. The van der Waals surface area contributed by atoms with Gasteiger partial charge < -0.3 is 9.84 Å². The molecule has 1 amide bonds. The average molecular weight is 430 g/mol. The van der Waals surface area contributed by atoms with Crippen molar-refractivity contribution < 1.29 is 9.32 Å². The first-order valence-corrected chi connectivity index (χ1v) is 10.5. The number of hydrogen-bond donors (Lipinski definition) is 1. The van der Waals surface area contributed by atoms with E-state index in [1.165, 1.54) is 0 Å². The first-order valence-electron chi connectivity index (χ1n) is 10.5. The summed E-state index contributed by atoms with van der Waals surface area (Å²) in [6.07, 6.45) is 0. The van der Waals surface area contributed by atoms with Crippen LogP contribution in [0.3, 0.4) is 0 Å². The van der Waals surface area contributed by atoms with Gasteiger partial charge in [-0.2, -0.15) is 5.10 Å². The molecule has 2 aromatic heterocycles. The normalized spacial score (nSPS) is 12.2. The number of carbonyl (C=O) groups excluding carboxylic acids is 1. The van der Waals surface area contributed by atoms with Crippen molar-refractivity contribution in [2.24, 2.45) is 0 Å². The predicted molar refractivity (Wildman–Crippen MR) is 124 cm³/mol. The lowest BCUT2D eigenvalue weighted by Crippen LogP contribution is -2.34. The Morgan fingerprint density at radius 2 is 1.72 bits per heavy atom. The maximum Gasteiger partial charge on any atom is 0.247 e. The maximum atomic E-state index is 13.3. The molecule has 0 aliphatic carbocycles. The third kappa shape index (κ3) is 4.48. The number of benzene rings is 2. The van der Waals surface area contributed by atoms with E-state index in [1.54, 1.807) is 13.0 Å². The molecule has 1 unspecified atom stereocenters. The molecule has 4 rings (SSSR count). The predicted octanol–water partition coefficient (Wildman–Crippen LogP) is 4.60. The Bertz CT molecular complexity index is 1200. The van der Waals surface area contributed by atoms with Crippen molar-refractivity contribution >= 4 is 11.7 Å². The Labute approximate surface area is 187 Å². The molecule has 2 heterocycles. The van der Waals surface area contributed by atoms with Crippen molar-refractivity contribution in [2.45, 2.75) is 33.4 Å². The fraction of sp³-hybridized carbons (Fsp3) is 0.240. The Morgan fingerprint density at radius 1 is 1.06 bits per heavy atom. The van der Waals surface area contributed by atoms with Crippen molar-refractivity contribution in [3.63, 3.8) is 0 Å². The average Bonchev–Trinajstić information content (AvgIpc) is 3.32. The zero-order valence-corrected chi connectivity index (χ0v) is 18.7. The van der Waals surface area contributed by atoms with Crippen LogP contribution in [-0.2, 0) is 11.3 Å². The third-order valence-electron chi connectivity index (χ3n) is 5.53. The van der Waals surface area contributed by atoms with E-state index < -0.39 is 6.04 Å². The molecule has 0 fully saturated rings. The van der Waals surface area contributed by atoms with Crippen LogP contribution in [0, 0.1) is 20.8 Å². The first kappa shape index (κ1) is 21.5. The number of amides is 1. The van der Waals surface area contributed by atoms with Crippen LogP contribution < -0.4 is 5.32 Å². The molecule has 0 radical (unpaired) electrons. The molecule has 32 heavy (non-hydrogen) atoms. The van der Waals surface area contributed by atoms with Gasteiger partial charge in [0, 0.05) is 23.9 Å². The van der Waals surface area contributed by atoms with Crippen molar-refractivity contribution in [2.75, 3.05) is 12.4 Å². The van der Waals surface area contributed by atoms with Gasteiger partial charge in [-0.05, 0) is 45.5 Å². The van der Waals surface area contributed by atoms with Crippen LogP contribution >= 0.6 is 0 Å². The molecule has 0 aliphatic rings. The highest BCUT2D eigenvalue weighted by Crippen LogP contribution is 2.26. The van der Waals surface area contributed by atoms with Crippen LogP contribution in [0.2, 0.25) is 0 Å². The topological polar surface area (TPSA) is 76.2 Å². The standard InChI is InChI=1S/C25H27N5O2/c1-17-15-23(28-32-17)26-25(31)24(20-11-7-5-8-12-20)29(4)16-22-18(2)27-30(19(22)3)21-13-9-6-10-14-21/h5-15,24H,16H2,1-4H3,(H,26,28,31). The van der Waals surface area contributed by atoms with Gasteiger partial charge in [0.25, 0.3) is 0 Å². The number of nitrogens with zero attached hydrogens (tertiary/aromatic N) is 4. The van der Waals surface area contributed by atoms with Gasteiger partial charge in [0.05, 0.1) is 11.4 Å². The van der Waals surface area contributed by atoms with Gasteiger partial charge in [-0.1, -0.05) is 53.7 Å². The monoisotopic (exact) mass is 429 g/mol. The number of nitrogens with one attached hydrogen (secondary N) is 1. The van der Waals surface area contributed by atoms with Gasteiger partial charge in [0.2, 0.25) is 5.91 Å². The number of hydrogen-bond acceptors (Lipinski definition) is 5. The Kier molecular flexibility index (Phi) is 6.18. The van der Waals surface area contributed by atoms with Gasteiger partial charge in [-0.25, -0.2) is 4.68 Å². The Hall–Kier alpha value is -3.71. The van der Waals surface area contributed by atoms with Crippen LogP contribution in [0.5, 0.6) is 0 Å². The number of aryl methyl sites for hydroxylation is 2. The minimum absolute atomic E-state index is 0.169. The molecule has 0 saturated carbocycles. The molecular formula is C25H27N5O2. The molecule has 1 atom stereocenters. The summed E-state index contributed by atoms with van der Waals surface area (Å²) in [6.45, 7) is 6.42. The lowest BCUT2D eigenvalue weighted by atomic mass is 10.0. The second-order valence-electron chi connectivity index (χ2n) is 7.94. The molecule has 0 bridgehead atoms. The van der Waals surface area contributed by atoms with Crippen LogP contribution in [0.15, 0.2) is 71.3 Å². The van der Waals surface area contributed by atoms with E-state index in [0.29, 0.717) is 18.1 Å². The van der Waals surface area contributed by atoms with E-state index in [9.17, 15) is 4.79 Å². The SMILES string of the molecule is Cc1cc(NC(=O)C(c2ccccc2)N(C)Cc2c(C)nn(-c3ccccc3)c2C)no1. The van der Waals surface area contributed by atoms with Crippen molar-refractivity contribution in [3.8, 4) is 5.69 Å². The summed E-state index contributed by atoms with van der Waals surface area (Å²) in [6, 6.07) is 21.0.